The highest BCUT2D eigenvalue weighted by atomic mass is 19.1. The Morgan fingerprint density at radius 1 is 1.10 bits per heavy atom. The quantitative estimate of drug-likeness (QED) is 0.152. The van der Waals surface area contributed by atoms with Crippen molar-refractivity contribution in [2.45, 2.75) is 31.5 Å². The van der Waals surface area contributed by atoms with Gasteiger partial charge in [0.1, 0.15) is 24.0 Å². The van der Waals surface area contributed by atoms with Gasteiger partial charge in [-0.15, -0.1) is 0 Å². The van der Waals surface area contributed by atoms with Gasteiger partial charge in [0.05, 0.1) is 13.2 Å². The number of azide groups is 1. The van der Waals surface area contributed by atoms with Crippen molar-refractivity contribution in [2.24, 2.45) is 10.1 Å². The number of amides is 1. The lowest BCUT2D eigenvalue weighted by molar-refractivity contribution is -0.126. The third kappa shape index (κ3) is 6.70. The summed E-state index contributed by atoms with van der Waals surface area (Å²) in [4.78, 5) is 21.1. The number of benzene rings is 3. The highest BCUT2D eigenvalue weighted by Gasteiger charge is 2.45. The van der Waals surface area contributed by atoms with Gasteiger partial charge in [-0.1, -0.05) is 35.4 Å². The number of halogens is 2. The van der Waals surface area contributed by atoms with Crippen molar-refractivity contribution in [3.05, 3.63) is 111 Å². The van der Waals surface area contributed by atoms with Crippen molar-refractivity contribution >= 4 is 11.8 Å². The van der Waals surface area contributed by atoms with Gasteiger partial charge >= 0.3 is 0 Å². The normalized spacial score (nSPS) is 16.1. The van der Waals surface area contributed by atoms with Crippen LogP contribution in [0.4, 0.5) is 8.78 Å². The molecule has 0 saturated carbocycles. The fraction of sp³-hybridized carbons (Fsp3) is 0.286. The van der Waals surface area contributed by atoms with Crippen molar-refractivity contribution in [2.75, 3.05) is 19.8 Å². The predicted octanol–water partition coefficient (Wildman–Crippen LogP) is 4.61. The number of hydrogen-bond acceptors (Lipinski definition) is 6. The second-order valence-corrected chi connectivity index (χ2v) is 8.90. The molecule has 0 radical (unpaired) electrons. The second kappa shape index (κ2) is 12.9. The summed E-state index contributed by atoms with van der Waals surface area (Å²) in [7, 11) is 0. The Morgan fingerprint density at radius 2 is 1.82 bits per heavy atom. The maximum absolute atomic E-state index is 14.2. The molecule has 3 aromatic carbocycles. The minimum absolute atomic E-state index is 0.0302. The SMILES string of the molecule is [N-]=[N+]=NCc1ccccc1C[C@]1(C(=O)NCc2c(F)cccc2F)COC(c2ccc(OCCCO)cc2)=N1. The number of aliphatic imine (C=N–C) groups is 1. The molecule has 0 aliphatic carbocycles. The second-order valence-electron chi connectivity index (χ2n) is 8.90. The van der Waals surface area contributed by atoms with Gasteiger partial charge in [0.25, 0.3) is 5.91 Å². The number of carbonyl (C=O) groups excluding carboxylic acids is 1. The van der Waals surface area contributed by atoms with Crippen LogP contribution in [0.2, 0.25) is 0 Å². The van der Waals surface area contributed by atoms with Crippen LogP contribution in [-0.4, -0.2) is 42.3 Å². The van der Waals surface area contributed by atoms with Gasteiger partial charge in [-0.2, -0.15) is 0 Å². The van der Waals surface area contributed by atoms with Gasteiger partial charge in [0.2, 0.25) is 5.90 Å². The summed E-state index contributed by atoms with van der Waals surface area (Å²) >= 11 is 0. The van der Waals surface area contributed by atoms with Gasteiger partial charge in [-0.05, 0) is 53.1 Å². The van der Waals surface area contributed by atoms with E-state index in [1.54, 1.807) is 48.5 Å². The molecule has 0 saturated heterocycles. The summed E-state index contributed by atoms with van der Waals surface area (Å²) in [6.07, 6.45) is 0.606. The first-order valence-corrected chi connectivity index (χ1v) is 12.3. The Balaban J connectivity index is 1.63. The minimum Gasteiger partial charge on any atom is -0.494 e. The van der Waals surface area contributed by atoms with E-state index in [1.807, 2.05) is 0 Å². The molecule has 9 nitrogen and oxygen atoms in total. The third-order valence-electron chi connectivity index (χ3n) is 6.25. The van der Waals surface area contributed by atoms with E-state index in [0.717, 1.165) is 23.3 Å². The fourth-order valence-electron chi connectivity index (χ4n) is 4.17. The molecule has 11 heteroatoms. The third-order valence-corrected chi connectivity index (χ3v) is 6.25. The highest BCUT2D eigenvalue weighted by Crippen LogP contribution is 2.29. The molecule has 1 aliphatic heterocycles. The first-order chi connectivity index (χ1) is 19.0. The molecule has 4 rings (SSSR count). The lowest BCUT2D eigenvalue weighted by atomic mass is 9.89. The lowest BCUT2D eigenvalue weighted by Crippen LogP contribution is -2.48. The number of aliphatic hydroxyl groups is 1. The van der Waals surface area contributed by atoms with E-state index in [2.05, 4.69) is 20.3 Å². The summed E-state index contributed by atoms with van der Waals surface area (Å²) in [5, 5.41) is 15.2. The van der Waals surface area contributed by atoms with Crippen LogP contribution >= 0.6 is 0 Å². The Morgan fingerprint density at radius 3 is 2.51 bits per heavy atom. The Kier molecular flexibility index (Phi) is 9.09. The molecule has 39 heavy (non-hydrogen) atoms. The zero-order valence-electron chi connectivity index (χ0n) is 21.0. The molecule has 1 aliphatic rings. The molecule has 1 amide bonds. The van der Waals surface area contributed by atoms with E-state index in [1.165, 1.54) is 6.07 Å². The molecule has 0 unspecified atom stereocenters. The average molecular weight is 536 g/mol. The summed E-state index contributed by atoms with van der Waals surface area (Å²) in [5.74, 6) is -1.26. The summed E-state index contributed by atoms with van der Waals surface area (Å²) < 4.78 is 39.9. The van der Waals surface area contributed by atoms with Crippen LogP contribution in [0, 0.1) is 11.6 Å². The lowest BCUT2D eigenvalue weighted by Gasteiger charge is -2.24. The first-order valence-electron chi connectivity index (χ1n) is 12.3. The number of ether oxygens (including phenoxy) is 2. The number of hydrogen-bond donors (Lipinski definition) is 2. The Hall–Kier alpha value is -4.47. The fourth-order valence-corrected chi connectivity index (χ4v) is 4.17. The van der Waals surface area contributed by atoms with E-state index >= 15 is 0 Å². The number of nitrogens with one attached hydrogen (secondary N) is 1. The van der Waals surface area contributed by atoms with Crippen molar-refractivity contribution in [3.8, 4) is 5.75 Å². The molecule has 0 aromatic heterocycles. The predicted molar refractivity (Wildman–Crippen MR) is 140 cm³/mol. The van der Waals surface area contributed by atoms with Gasteiger partial charge in [0.15, 0.2) is 5.54 Å². The number of aliphatic hydroxyl groups excluding tert-OH is 1. The van der Waals surface area contributed by atoms with E-state index in [-0.39, 0.29) is 44.2 Å². The van der Waals surface area contributed by atoms with Gasteiger partial charge in [0, 0.05) is 42.0 Å². The standard InChI is InChI=1S/C28H27F2N5O4/c29-24-7-3-8-25(30)23(24)17-32-27(37)28(15-20-5-1-2-6-21(20)16-33-35-31)18-39-26(34-28)19-9-11-22(12-10-19)38-14-4-13-36/h1-3,5-12,36H,4,13-18H2,(H,32,37)/t28-/m1/s1. The van der Waals surface area contributed by atoms with Crippen molar-refractivity contribution < 1.29 is 28.2 Å². The van der Waals surface area contributed by atoms with Crippen LogP contribution < -0.4 is 10.1 Å². The number of rotatable bonds is 12. The van der Waals surface area contributed by atoms with Crippen LogP contribution in [0.1, 0.15) is 28.7 Å². The average Bonchev–Trinajstić information content (AvgIpc) is 3.38. The van der Waals surface area contributed by atoms with Crippen LogP contribution in [0.25, 0.3) is 10.4 Å². The topological polar surface area (TPSA) is 129 Å². The van der Waals surface area contributed by atoms with E-state index < -0.39 is 23.1 Å². The van der Waals surface area contributed by atoms with Crippen molar-refractivity contribution in [1.29, 1.82) is 0 Å². The van der Waals surface area contributed by atoms with E-state index in [0.29, 0.717) is 24.3 Å². The largest absolute Gasteiger partial charge is 0.494 e. The van der Waals surface area contributed by atoms with Crippen LogP contribution in [0.5, 0.6) is 5.75 Å². The van der Waals surface area contributed by atoms with E-state index in [9.17, 15) is 13.6 Å². The minimum atomic E-state index is -1.44. The molecule has 0 bridgehead atoms. The van der Waals surface area contributed by atoms with Gasteiger partial charge < -0.3 is 19.9 Å². The molecule has 0 spiro atoms. The molecule has 202 valence electrons. The molecule has 0 fully saturated rings. The van der Waals surface area contributed by atoms with Crippen molar-refractivity contribution in [1.82, 2.24) is 5.32 Å². The van der Waals surface area contributed by atoms with Crippen LogP contribution in [-0.2, 0) is 29.0 Å². The van der Waals surface area contributed by atoms with Gasteiger partial charge in [-0.25, -0.2) is 13.8 Å². The molecule has 2 N–H and O–H groups in total. The Labute approximate surface area is 223 Å². The molecule has 3 aromatic rings. The summed E-state index contributed by atoms with van der Waals surface area (Å²) in [6, 6.07) is 17.6. The molecule has 1 atom stereocenters. The van der Waals surface area contributed by atoms with Crippen LogP contribution in [0.3, 0.4) is 0 Å². The van der Waals surface area contributed by atoms with Crippen molar-refractivity contribution in [3.63, 3.8) is 0 Å². The summed E-state index contributed by atoms with van der Waals surface area (Å²) in [6.45, 7) is -0.000443. The molecular formula is C28H27F2N5O4. The number of nitrogens with zero attached hydrogens (tertiary/aromatic N) is 4. The Bertz CT molecular complexity index is 1370. The first kappa shape index (κ1) is 27.6. The summed E-state index contributed by atoms with van der Waals surface area (Å²) in [5.41, 5.74) is 9.12. The van der Waals surface area contributed by atoms with Gasteiger partial charge in [-0.3, -0.25) is 4.79 Å². The maximum Gasteiger partial charge on any atom is 0.252 e. The maximum atomic E-state index is 14.2. The monoisotopic (exact) mass is 535 g/mol. The van der Waals surface area contributed by atoms with Crippen LogP contribution in [0.15, 0.2) is 76.8 Å². The smallest absolute Gasteiger partial charge is 0.252 e. The molecule has 1 heterocycles. The molecular weight excluding hydrogens is 508 g/mol. The van der Waals surface area contributed by atoms with E-state index in [4.69, 9.17) is 20.1 Å². The highest BCUT2D eigenvalue weighted by molar-refractivity contribution is 6.00. The number of carbonyl (C=O) groups is 1. The zero-order valence-corrected chi connectivity index (χ0v) is 21.0. The zero-order chi connectivity index (χ0) is 27.7.